The first kappa shape index (κ1) is 16.6. The molecule has 2 aromatic rings. The molecule has 7 nitrogen and oxygen atoms in total. The summed E-state index contributed by atoms with van der Waals surface area (Å²) in [6.45, 7) is 2.45. The van der Waals surface area contributed by atoms with Crippen molar-refractivity contribution in [1.82, 2.24) is 20.3 Å². The molecule has 0 saturated heterocycles. The third-order valence-corrected chi connectivity index (χ3v) is 5.25. The lowest BCUT2D eigenvalue weighted by Gasteiger charge is -2.16. The van der Waals surface area contributed by atoms with Gasteiger partial charge in [0.2, 0.25) is 0 Å². The summed E-state index contributed by atoms with van der Waals surface area (Å²) in [4.78, 5) is 12.7. The van der Waals surface area contributed by atoms with Crippen LogP contribution in [0.5, 0.6) is 0 Å². The monoisotopic (exact) mass is 364 g/mol. The van der Waals surface area contributed by atoms with E-state index >= 15 is 0 Å². The Hall–Kier alpha value is -1.86. The Bertz CT molecular complexity index is 783. The van der Waals surface area contributed by atoms with Crippen LogP contribution in [0.2, 0.25) is 5.02 Å². The maximum Gasteiger partial charge on any atom is 0.257 e. The van der Waals surface area contributed by atoms with Crippen LogP contribution in [0.15, 0.2) is 16.9 Å². The van der Waals surface area contributed by atoms with E-state index in [4.69, 9.17) is 16.1 Å². The number of amides is 1. The number of aryl methyl sites for hydroxylation is 1. The number of rotatable bonds is 5. The number of hydrogen-bond donors (Lipinski definition) is 2. The fraction of sp³-hybridized carbons (Fsp3) is 0.588. The molecule has 8 heteroatoms. The van der Waals surface area contributed by atoms with Crippen LogP contribution in [0.3, 0.4) is 0 Å². The van der Waals surface area contributed by atoms with Crippen LogP contribution in [0.1, 0.15) is 53.4 Å². The molecule has 2 heterocycles. The van der Waals surface area contributed by atoms with Crippen molar-refractivity contribution in [3.63, 3.8) is 0 Å². The van der Waals surface area contributed by atoms with Gasteiger partial charge in [0.25, 0.3) is 5.91 Å². The number of aromatic nitrogens is 3. The molecule has 1 unspecified atom stereocenters. The lowest BCUT2D eigenvalue weighted by molar-refractivity contribution is 0.0870. The highest BCUT2D eigenvalue weighted by Gasteiger charge is 2.38. The van der Waals surface area contributed by atoms with Gasteiger partial charge >= 0.3 is 0 Å². The summed E-state index contributed by atoms with van der Waals surface area (Å²) in [5.74, 6) is 1.04. The van der Waals surface area contributed by atoms with E-state index in [0.29, 0.717) is 47.3 Å². The van der Waals surface area contributed by atoms with E-state index in [1.54, 1.807) is 24.0 Å². The molecule has 2 aliphatic carbocycles. The molecule has 2 aliphatic rings. The van der Waals surface area contributed by atoms with E-state index in [1.165, 1.54) is 0 Å². The van der Waals surface area contributed by atoms with Gasteiger partial charge < -0.3 is 14.9 Å². The van der Waals surface area contributed by atoms with Crippen LogP contribution in [0.25, 0.3) is 0 Å². The third kappa shape index (κ3) is 3.43. The molecule has 0 radical (unpaired) electrons. The number of carbonyl (C=O) groups is 1. The summed E-state index contributed by atoms with van der Waals surface area (Å²) in [7, 11) is 0. The molecule has 25 heavy (non-hydrogen) atoms. The van der Waals surface area contributed by atoms with Crippen molar-refractivity contribution < 1.29 is 14.4 Å². The van der Waals surface area contributed by atoms with E-state index in [9.17, 15) is 9.90 Å². The molecule has 134 valence electrons. The highest BCUT2D eigenvalue weighted by atomic mass is 35.5. The second kappa shape index (κ2) is 6.46. The fourth-order valence-corrected chi connectivity index (χ4v) is 3.81. The van der Waals surface area contributed by atoms with Crippen molar-refractivity contribution >= 4 is 17.5 Å². The SMILES string of the molecule is Cc1noc(C2CC2)c1C(=O)N[C@@H]1CC(Cn2cc(Cl)cn2)C[C@H]1O. The van der Waals surface area contributed by atoms with Crippen molar-refractivity contribution in [2.75, 3.05) is 0 Å². The fourth-order valence-electron chi connectivity index (χ4n) is 3.65. The van der Waals surface area contributed by atoms with Gasteiger partial charge in [0.1, 0.15) is 5.56 Å². The molecule has 4 rings (SSSR count). The van der Waals surface area contributed by atoms with Gasteiger partial charge in [0, 0.05) is 18.7 Å². The van der Waals surface area contributed by atoms with Gasteiger partial charge in [-0.2, -0.15) is 5.10 Å². The lowest BCUT2D eigenvalue weighted by atomic mass is 10.1. The number of aliphatic hydroxyl groups is 1. The summed E-state index contributed by atoms with van der Waals surface area (Å²) in [6, 6.07) is -0.273. The van der Waals surface area contributed by atoms with E-state index in [-0.39, 0.29) is 17.9 Å². The largest absolute Gasteiger partial charge is 0.391 e. The molecule has 3 atom stereocenters. The van der Waals surface area contributed by atoms with Crippen molar-refractivity contribution in [2.45, 2.75) is 57.2 Å². The molecule has 2 saturated carbocycles. The van der Waals surface area contributed by atoms with E-state index in [1.807, 2.05) is 0 Å². The molecule has 2 N–H and O–H groups in total. The minimum atomic E-state index is -0.565. The lowest BCUT2D eigenvalue weighted by Crippen LogP contribution is -2.40. The normalized spacial score (nSPS) is 26.1. The molecular weight excluding hydrogens is 344 g/mol. The van der Waals surface area contributed by atoms with Crippen molar-refractivity contribution in [1.29, 1.82) is 0 Å². The summed E-state index contributed by atoms with van der Waals surface area (Å²) >= 11 is 5.88. The predicted octanol–water partition coefficient (Wildman–Crippen LogP) is 2.28. The number of aliphatic hydroxyl groups excluding tert-OH is 1. The topological polar surface area (TPSA) is 93.2 Å². The van der Waals surface area contributed by atoms with Gasteiger partial charge in [0.15, 0.2) is 5.76 Å². The quantitative estimate of drug-likeness (QED) is 0.849. The Balaban J connectivity index is 1.40. The second-order valence-electron chi connectivity index (χ2n) is 7.15. The molecule has 0 bridgehead atoms. The van der Waals surface area contributed by atoms with Crippen LogP contribution in [-0.4, -0.2) is 38.1 Å². The zero-order valence-corrected chi connectivity index (χ0v) is 14.7. The van der Waals surface area contributed by atoms with Crippen molar-refractivity contribution in [3.8, 4) is 0 Å². The number of nitrogens with zero attached hydrogens (tertiary/aromatic N) is 3. The Morgan fingerprint density at radius 1 is 1.48 bits per heavy atom. The van der Waals surface area contributed by atoms with E-state index in [0.717, 1.165) is 12.8 Å². The Morgan fingerprint density at radius 2 is 2.28 bits per heavy atom. The summed E-state index contributed by atoms with van der Waals surface area (Å²) < 4.78 is 7.11. The first-order valence-electron chi connectivity index (χ1n) is 8.64. The number of halogens is 1. The number of carbonyl (C=O) groups excluding carboxylic acids is 1. The van der Waals surface area contributed by atoms with E-state index < -0.39 is 6.10 Å². The maximum atomic E-state index is 12.7. The Labute approximate surface area is 150 Å². The van der Waals surface area contributed by atoms with Crippen LogP contribution in [-0.2, 0) is 6.54 Å². The van der Waals surface area contributed by atoms with Crippen LogP contribution < -0.4 is 5.32 Å². The smallest absolute Gasteiger partial charge is 0.257 e. The minimum Gasteiger partial charge on any atom is -0.391 e. The molecule has 0 aromatic carbocycles. The minimum absolute atomic E-state index is 0.201. The van der Waals surface area contributed by atoms with Gasteiger partial charge in [-0.15, -0.1) is 0 Å². The Morgan fingerprint density at radius 3 is 2.96 bits per heavy atom. The zero-order valence-electron chi connectivity index (χ0n) is 14.0. The first-order valence-corrected chi connectivity index (χ1v) is 9.02. The van der Waals surface area contributed by atoms with Crippen LogP contribution in [0, 0.1) is 12.8 Å². The molecule has 1 amide bonds. The molecule has 2 fully saturated rings. The van der Waals surface area contributed by atoms with Gasteiger partial charge in [-0.25, -0.2) is 0 Å². The van der Waals surface area contributed by atoms with Crippen LogP contribution in [0.4, 0.5) is 0 Å². The predicted molar refractivity (Wildman–Crippen MR) is 90.4 cm³/mol. The van der Waals surface area contributed by atoms with Crippen molar-refractivity contribution in [2.24, 2.45) is 5.92 Å². The van der Waals surface area contributed by atoms with Gasteiger partial charge in [-0.05, 0) is 38.5 Å². The standard InChI is InChI=1S/C17H21ClN4O3/c1-9-15(16(25-21-9)11-2-3-11)17(24)20-13-4-10(5-14(13)23)7-22-8-12(18)6-19-22/h6,8,10-11,13-14,23H,2-5,7H2,1H3,(H,20,24)/t10?,13-,14-/m1/s1. The maximum absolute atomic E-state index is 12.7. The second-order valence-corrected chi connectivity index (χ2v) is 7.58. The molecule has 2 aromatic heterocycles. The van der Waals surface area contributed by atoms with Gasteiger partial charge in [0.05, 0.1) is 29.1 Å². The highest BCUT2D eigenvalue weighted by Crippen LogP contribution is 2.42. The average molecular weight is 365 g/mol. The van der Waals surface area contributed by atoms with Crippen molar-refractivity contribution in [3.05, 3.63) is 34.4 Å². The average Bonchev–Trinajstić information content (AvgIpc) is 3.08. The summed E-state index contributed by atoms with van der Waals surface area (Å²) in [6.07, 6.45) is 6.20. The summed E-state index contributed by atoms with van der Waals surface area (Å²) in [5, 5.41) is 22.0. The summed E-state index contributed by atoms with van der Waals surface area (Å²) in [5.41, 5.74) is 1.15. The molecule has 0 spiro atoms. The third-order valence-electron chi connectivity index (χ3n) is 5.05. The number of hydrogen-bond acceptors (Lipinski definition) is 5. The van der Waals surface area contributed by atoms with E-state index in [2.05, 4.69) is 15.6 Å². The molecular formula is C17H21ClN4O3. The molecule has 0 aliphatic heterocycles. The van der Waals surface area contributed by atoms with Gasteiger partial charge in [-0.3, -0.25) is 9.48 Å². The zero-order chi connectivity index (χ0) is 17.6. The van der Waals surface area contributed by atoms with Crippen LogP contribution >= 0.6 is 11.6 Å². The number of nitrogens with one attached hydrogen (secondary N) is 1. The van der Waals surface area contributed by atoms with Gasteiger partial charge in [-0.1, -0.05) is 16.8 Å². The highest BCUT2D eigenvalue weighted by molar-refractivity contribution is 6.30. The Kier molecular flexibility index (Phi) is 4.29. The first-order chi connectivity index (χ1) is 12.0.